The van der Waals surface area contributed by atoms with Crippen LogP contribution in [0.25, 0.3) is 6.08 Å². The molecule has 202 valence electrons. The largest absolute Gasteiger partial charge is 0.494 e. The van der Waals surface area contributed by atoms with Gasteiger partial charge in [0.1, 0.15) is 17.2 Å². The number of thioether (sulfide) groups is 1. The second-order valence-corrected chi connectivity index (χ2v) is 11.3. The Hall–Kier alpha value is -3.37. The third-order valence-electron chi connectivity index (χ3n) is 6.67. The maximum atomic E-state index is 13.2. The fourth-order valence-corrected chi connectivity index (χ4v) is 5.69. The first kappa shape index (κ1) is 27.2. The van der Waals surface area contributed by atoms with E-state index in [2.05, 4.69) is 16.8 Å². The van der Waals surface area contributed by atoms with Crippen LogP contribution in [0.5, 0.6) is 17.2 Å². The molecular weight excluding hydrogens is 528 g/mol. The van der Waals surface area contributed by atoms with Crippen LogP contribution in [0.4, 0.5) is 11.4 Å². The monoisotopic (exact) mass is 560 g/mol. The number of amides is 1. The number of nitrogen functional groups attached to an aromatic ring is 1. The first-order chi connectivity index (χ1) is 18.9. The molecule has 7 nitrogen and oxygen atoms in total. The topological polar surface area (TPSA) is 71.3 Å². The summed E-state index contributed by atoms with van der Waals surface area (Å²) in [6, 6.07) is 22.3. The van der Waals surface area contributed by atoms with Crippen molar-refractivity contribution in [2.75, 3.05) is 57.0 Å². The number of carbonyl (C=O) groups is 1. The molecule has 2 N–H and O–H groups in total. The zero-order valence-corrected chi connectivity index (χ0v) is 23.5. The third-order valence-corrected chi connectivity index (χ3v) is 7.97. The first-order valence-corrected chi connectivity index (χ1v) is 14.2. The van der Waals surface area contributed by atoms with Gasteiger partial charge in [0.2, 0.25) is 0 Å². The second-order valence-electron chi connectivity index (χ2n) is 9.60. The van der Waals surface area contributed by atoms with Gasteiger partial charge in [0.05, 0.1) is 17.2 Å². The Morgan fingerprint density at radius 2 is 1.51 bits per heavy atom. The molecule has 0 saturated carbocycles. The minimum atomic E-state index is -0.131. The van der Waals surface area contributed by atoms with E-state index >= 15 is 0 Å². The van der Waals surface area contributed by atoms with Gasteiger partial charge in [-0.2, -0.15) is 0 Å². The lowest BCUT2D eigenvalue weighted by molar-refractivity contribution is -0.113. The molecule has 0 aliphatic carbocycles. The molecule has 5 rings (SSSR count). The Kier molecular flexibility index (Phi) is 8.83. The molecule has 0 spiro atoms. The van der Waals surface area contributed by atoms with Crippen LogP contribution < -0.4 is 20.1 Å². The van der Waals surface area contributed by atoms with Crippen molar-refractivity contribution in [1.82, 2.24) is 9.80 Å². The summed E-state index contributed by atoms with van der Waals surface area (Å²) in [5, 5.41) is 0. The summed E-state index contributed by atoms with van der Waals surface area (Å²) in [4.78, 5) is 20.2. The number of anilines is 2. The Balaban J connectivity index is 1.14. The van der Waals surface area contributed by atoms with Gasteiger partial charge in [0.15, 0.2) is 4.32 Å². The zero-order chi connectivity index (χ0) is 27.2. The molecule has 2 fully saturated rings. The molecule has 2 saturated heterocycles. The van der Waals surface area contributed by atoms with Crippen molar-refractivity contribution >= 4 is 51.7 Å². The smallest absolute Gasteiger partial charge is 0.270 e. The van der Waals surface area contributed by atoms with Crippen LogP contribution in [0.15, 0.2) is 77.7 Å². The van der Waals surface area contributed by atoms with E-state index in [1.54, 1.807) is 17.0 Å². The van der Waals surface area contributed by atoms with Crippen molar-refractivity contribution in [3.05, 3.63) is 83.3 Å². The SMILES string of the molecule is CN1CCN(CCCOc2ccc(N3C(=O)C(=Cc4ccc(Oc5ccc(N)cc5)cc4)SC3=S)cc2)CC1. The van der Waals surface area contributed by atoms with Crippen LogP contribution >= 0.6 is 24.0 Å². The normalized spacial score (nSPS) is 17.7. The lowest BCUT2D eigenvalue weighted by Crippen LogP contribution is -2.44. The highest BCUT2D eigenvalue weighted by Crippen LogP contribution is 2.36. The molecule has 0 unspecified atom stereocenters. The van der Waals surface area contributed by atoms with Crippen molar-refractivity contribution in [2.24, 2.45) is 0 Å². The van der Waals surface area contributed by atoms with Gasteiger partial charge in [0, 0.05) is 38.4 Å². The van der Waals surface area contributed by atoms with E-state index < -0.39 is 0 Å². The summed E-state index contributed by atoms with van der Waals surface area (Å²) < 4.78 is 12.3. The second kappa shape index (κ2) is 12.7. The van der Waals surface area contributed by atoms with Crippen molar-refractivity contribution in [3.63, 3.8) is 0 Å². The number of ether oxygens (including phenoxy) is 2. The summed E-state index contributed by atoms with van der Waals surface area (Å²) in [6.07, 6.45) is 2.84. The molecule has 0 radical (unpaired) electrons. The highest BCUT2D eigenvalue weighted by atomic mass is 32.2. The maximum Gasteiger partial charge on any atom is 0.270 e. The summed E-state index contributed by atoms with van der Waals surface area (Å²) in [7, 11) is 2.17. The molecule has 0 atom stereocenters. The molecule has 3 aromatic carbocycles. The van der Waals surface area contributed by atoms with Gasteiger partial charge in [-0.05, 0) is 85.8 Å². The van der Waals surface area contributed by atoms with Crippen molar-refractivity contribution in [3.8, 4) is 17.2 Å². The van der Waals surface area contributed by atoms with Gasteiger partial charge in [-0.3, -0.25) is 9.69 Å². The van der Waals surface area contributed by atoms with Gasteiger partial charge in [-0.1, -0.05) is 36.1 Å². The average molecular weight is 561 g/mol. The summed E-state index contributed by atoms with van der Waals surface area (Å²) in [6.45, 7) is 6.20. The zero-order valence-electron chi connectivity index (χ0n) is 21.9. The van der Waals surface area contributed by atoms with Crippen LogP contribution in [-0.2, 0) is 4.79 Å². The number of likely N-dealkylation sites (N-methyl/N-ethyl adjacent to an activating group) is 1. The number of carbonyl (C=O) groups excluding carboxylic acids is 1. The van der Waals surface area contributed by atoms with Gasteiger partial charge >= 0.3 is 0 Å². The van der Waals surface area contributed by atoms with E-state index in [1.807, 2.05) is 66.7 Å². The van der Waals surface area contributed by atoms with Crippen molar-refractivity contribution in [2.45, 2.75) is 6.42 Å². The summed E-state index contributed by atoms with van der Waals surface area (Å²) >= 11 is 6.84. The molecule has 9 heteroatoms. The Bertz CT molecular complexity index is 1320. The van der Waals surface area contributed by atoms with Gasteiger partial charge in [-0.15, -0.1) is 0 Å². The lowest BCUT2D eigenvalue weighted by atomic mass is 10.2. The van der Waals surface area contributed by atoms with Crippen LogP contribution in [-0.4, -0.2) is 66.4 Å². The van der Waals surface area contributed by atoms with Crippen LogP contribution in [0.2, 0.25) is 0 Å². The molecule has 2 aliphatic heterocycles. The number of piperazine rings is 1. The molecule has 3 aromatic rings. The fraction of sp³-hybridized carbons (Fsp3) is 0.267. The predicted molar refractivity (Wildman–Crippen MR) is 164 cm³/mol. The predicted octanol–water partition coefficient (Wildman–Crippen LogP) is 5.48. The molecule has 0 aromatic heterocycles. The van der Waals surface area contributed by atoms with E-state index in [0.29, 0.717) is 33.0 Å². The van der Waals surface area contributed by atoms with E-state index in [-0.39, 0.29) is 5.91 Å². The number of nitrogens with two attached hydrogens (primary N) is 1. The van der Waals surface area contributed by atoms with E-state index in [0.717, 1.165) is 56.1 Å². The fourth-order valence-electron chi connectivity index (χ4n) is 4.39. The Morgan fingerprint density at radius 1 is 0.897 bits per heavy atom. The molecule has 2 heterocycles. The van der Waals surface area contributed by atoms with Gasteiger partial charge in [0.25, 0.3) is 5.91 Å². The molecule has 2 aliphatic rings. The number of nitrogens with zero attached hydrogens (tertiary/aromatic N) is 3. The maximum absolute atomic E-state index is 13.2. The van der Waals surface area contributed by atoms with E-state index in [9.17, 15) is 4.79 Å². The lowest BCUT2D eigenvalue weighted by Gasteiger charge is -2.32. The summed E-state index contributed by atoms with van der Waals surface area (Å²) in [5.74, 6) is 2.07. The Morgan fingerprint density at radius 3 is 2.18 bits per heavy atom. The number of rotatable bonds is 9. The van der Waals surface area contributed by atoms with Gasteiger partial charge < -0.3 is 25.0 Å². The van der Waals surface area contributed by atoms with Crippen molar-refractivity contribution in [1.29, 1.82) is 0 Å². The quantitative estimate of drug-likeness (QED) is 0.160. The van der Waals surface area contributed by atoms with E-state index in [4.69, 9.17) is 27.4 Å². The molecular formula is C30H32N4O3S2. The molecule has 0 bridgehead atoms. The minimum absolute atomic E-state index is 0.131. The molecule has 39 heavy (non-hydrogen) atoms. The standard InChI is InChI=1S/C30H32N4O3S2/c1-32-16-18-33(19-17-32)15-2-20-36-25-13-7-24(8-14-25)34-29(35)28(39-30(34)38)21-22-3-9-26(10-4-22)37-27-11-5-23(31)6-12-27/h3-14,21H,2,15-20,31H2,1H3. The van der Waals surface area contributed by atoms with E-state index in [1.165, 1.54) is 11.8 Å². The average Bonchev–Trinajstić information content (AvgIpc) is 3.22. The van der Waals surface area contributed by atoms with Crippen LogP contribution in [0, 0.1) is 0 Å². The van der Waals surface area contributed by atoms with Crippen LogP contribution in [0.1, 0.15) is 12.0 Å². The summed E-state index contributed by atoms with van der Waals surface area (Å²) in [5.41, 5.74) is 8.04. The first-order valence-electron chi connectivity index (χ1n) is 13.0. The van der Waals surface area contributed by atoms with Crippen LogP contribution in [0.3, 0.4) is 0 Å². The number of benzene rings is 3. The molecule has 1 amide bonds. The highest BCUT2D eigenvalue weighted by molar-refractivity contribution is 8.27. The Labute approximate surface area is 239 Å². The van der Waals surface area contributed by atoms with Crippen molar-refractivity contribution < 1.29 is 14.3 Å². The number of hydrogen-bond donors (Lipinski definition) is 1. The van der Waals surface area contributed by atoms with Gasteiger partial charge in [-0.25, -0.2) is 0 Å². The number of thiocarbonyl (C=S) groups is 1. The highest BCUT2D eigenvalue weighted by Gasteiger charge is 2.33. The number of hydrogen-bond acceptors (Lipinski definition) is 8. The minimum Gasteiger partial charge on any atom is -0.494 e. The third kappa shape index (κ3) is 7.19.